The molecule has 5 nitrogen and oxygen atoms in total. The topological polar surface area (TPSA) is 53.0 Å². The summed E-state index contributed by atoms with van der Waals surface area (Å²) in [5, 5.41) is 9.90. The minimum atomic E-state index is 0.102. The summed E-state index contributed by atoms with van der Waals surface area (Å²) in [5.74, 6) is 0.908. The molecule has 0 aromatic heterocycles. The quantitative estimate of drug-likeness (QED) is 0.826. The normalized spacial score (nSPS) is 10.7. The fourth-order valence-electron chi connectivity index (χ4n) is 2.06. The Hall–Kier alpha value is -1.75. The van der Waals surface area contributed by atoms with Gasteiger partial charge in [-0.2, -0.15) is 0 Å². The second-order valence-electron chi connectivity index (χ2n) is 4.73. The molecule has 0 radical (unpaired) electrons. The molecule has 1 N–H and O–H groups in total. The summed E-state index contributed by atoms with van der Waals surface area (Å²) in [6.07, 6.45) is 0. The van der Waals surface area contributed by atoms with Crippen LogP contribution in [0, 0.1) is 0 Å². The van der Waals surface area contributed by atoms with Gasteiger partial charge in [0, 0.05) is 31.3 Å². The van der Waals surface area contributed by atoms with E-state index >= 15 is 0 Å². The van der Waals surface area contributed by atoms with E-state index in [4.69, 9.17) is 4.74 Å². The highest BCUT2D eigenvalue weighted by molar-refractivity contribution is 5.78. The lowest BCUT2D eigenvalue weighted by molar-refractivity contribution is -0.131. The first-order valence-electron chi connectivity index (χ1n) is 6.84. The highest BCUT2D eigenvalue weighted by Gasteiger charge is 2.13. The third kappa shape index (κ3) is 4.42. The zero-order chi connectivity index (χ0) is 15.1. The maximum Gasteiger partial charge on any atom is 0.236 e. The Bertz CT molecular complexity index is 445. The van der Waals surface area contributed by atoms with Crippen LogP contribution in [0.3, 0.4) is 0 Å². The molecule has 0 spiro atoms. The molecule has 112 valence electrons. The zero-order valence-corrected chi connectivity index (χ0v) is 12.7. The van der Waals surface area contributed by atoms with Crippen molar-refractivity contribution in [3.63, 3.8) is 0 Å². The smallest absolute Gasteiger partial charge is 0.236 e. The van der Waals surface area contributed by atoms with Crippen LogP contribution in [0.15, 0.2) is 18.2 Å². The number of rotatable bonds is 7. The van der Waals surface area contributed by atoms with Gasteiger partial charge in [0.2, 0.25) is 5.91 Å². The molecular formula is C15H24N2O3. The van der Waals surface area contributed by atoms with Gasteiger partial charge in [-0.05, 0) is 27.0 Å². The first-order chi connectivity index (χ1) is 9.51. The molecule has 0 atom stereocenters. The Morgan fingerprint density at radius 2 is 1.95 bits per heavy atom. The highest BCUT2D eigenvalue weighted by atomic mass is 16.5. The fourth-order valence-corrected chi connectivity index (χ4v) is 2.06. The predicted molar refractivity (Wildman–Crippen MR) is 78.9 cm³/mol. The minimum Gasteiger partial charge on any atom is -0.507 e. The van der Waals surface area contributed by atoms with Gasteiger partial charge in [-0.15, -0.1) is 0 Å². The zero-order valence-electron chi connectivity index (χ0n) is 12.7. The van der Waals surface area contributed by atoms with Crippen LogP contribution in [-0.2, 0) is 11.3 Å². The van der Waals surface area contributed by atoms with Gasteiger partial charge in [-0.3, -0.25) is 9.69 Å². The van der Waals surface area contributed by atoms with Crippen molar-refractivity contribution in [2.75, 3.05) is 33.8 Å². The molecule has 1 aromatic rings. The number of likely N-dealkylation sites (N-methyl/N-ethyl adjacent to an activating group) is 2. The van der Waals surface area contributed by atoms with E-state index in [0.29, 0.717) is 18.8 Å². The second kappa shape index (κ2) is 7.75. The monoisotopic (exact) mass is 280 g/mol. The van der Waals surface area contributed by atoms with E-state index in [0.717, 1.165) is 18.7 Å². The molecule has 0 fully saturated rings. The maximum atomic E-state index is 12.0. The van der Waals surface area contributed by atoms with E-state index in [-0.39, 0.29) is 11.7 Å². The van der Waals surface area contributed by atoms with E-state index in [1.807, 2.05) is 31.9 Å². The molecule has 0 unspecified atom stereocenters. The average Bonchev–Trinajstić information content (AvgIpc) is 2.42. The number of methoxy groups -OCH3 is 1. The van der Waals surface area contributed by atoms with Gasteiger partial charge in [0.05, 0.1) is 13.7 Å². The standard InChI is InChI=1S/C15H24N2O3/c1-5-17(6-2)15(19)11-16(3)10-12-7-8-13(20-4)9-14(12)18/h7-9,18H,5-6,10-11H2,1-4H3. The number of carbonyl (C=O) groups excluding carboxylic acids is 1. The Labute approximate surface area is 120 Å². The first kappa shape index (κ1) is 16.3. The summed E-state index contributed by atoms with van der Waals surface area (Å²) in [6.45, 7) is 6.23. The molecule has 0 saturated heterocycles. The number of carbonyl (C=O) groups is 1. The van der Waals surface area contributed by atoms with Crippen molar-refractivity contribution in [1.29, 1.82) is 0 Å². The van der Waals surface area contributed by atoms with Crippen LogP contribution in [0.1, 0.15) is 19.4 Å². The number of phenols is 1. The van der Waals surface area contributed by atoms with Crippen LogP contribution in [0.5, 0.6) is 11.5 Å². The van der Waals surface area contributed by atoms with E-state index in [1.54, 1.807) is 24.1 Å². The lowest BCUT2D eigenvalue weighted by Gasteiger charge is -2.23. The molecule has 5 heteroatoms. The SMILES string of the molecule is CCN(CC)C(=O)CN(C)Cc1ccc(OC)cc1O. The Morgan fingerprint density at radius 3 is 2.45 bits per heavy atom. The Balaban J connectivity index is 2.62. The third-order valence-corrected chi connectivity index (χ3v) is 3.25. The van der Waals surface area contributed by atoms with Crippen LogP contribution in [0.2, 0.25) is 0 Å². The van der Waals surface area contributed by atoms with Crippen LogP contribution in [0.4, 0.5) is 0 Å². The van der Waals surface area contributed by atoms with Gasteiger partial charge in [0.25, 0.3) is 0 Å². The van der Waals surface area contributed by atoms with Crippen LogP contribution in [0.25, 0.3) is 0 Å². The lowest BCUT2D eigenvalue weighted by Crippen LogP contribution is -2.38. The molecule has 0 aliphatic carbocycles. The number of benzene rings is 1. The van der Waals surface area contributed by atoms with E-state index in [9.17, 15) is 9.90 Å². The predicted octanol–water partition coefficient (Wildman–Crippen LogP) is 1.70. The first-order valence-corrected chi connectivity index (χ1v) is 6.84. The molecule has 0 aliphatic heterocycles. The maximum absolute atomic E-state index is 12.0. The molecule has 0 bridgehead atoms. The molecule has 0 saturated carbocycles. The van der Waals surface area contributed by atoms with Gasteiger partial charge >= 0.3 is 0 Å². The number of hydrogen-bond acceptors (Lipinski definition) is 4. The van der Waals surface area contributed by atoms with Gasteiger partial charge in [0.15, 0.2) is 0 Å². The Morgan fingerprint density at radius 1 is 1.30 bits per heavy atom. The van der Waals surface area contributed by atoms with Crippen LogP contribution in [-0.4, -0.2) is 54.6 Å². The highest BCUT2D eigenvalue weighted by Crippen LogP contribution is 2.24. The van der Waals surface area contributed by atoms with Gasteiger partial charge in [-0.1, -0.05) is 6.07 Å². The largest absolute Gasteiger partial charge is 0.507 e. The number of amides is 1. The molecule has 1 aromatic carbocycles. The van der Waals surface area contributed by atoms with E-state index in [1.165, 1.54) is 0 Å². The Kier molecular flexibility index (Phi) is 6.31. The number of hydrogen-bond donors (Lipinski definition) is 1. The second-order valence-corrected chi connectivity index (χ2v) is 4.73. The summed E-state index contributed by atoms with van der Waals surface area (Å²) in [6, 6.07) is 5.19. The van der Waals surface area contributed by atoms with Gasteiger partial charge in [-0.25, -0.2) is 0 Å². The van der Waals surface area contributed by atoms with Crippen molar-refractivity contribution in [2.24, 2.45) is 0 Å². The minimum absolute atomic E-state index is 0.102. The summed E-state index contributed by atoms with van der Waals surface area (Å²) in [7, 11) is 3.42. The molecule has 1 rings (SSSR count). The van der Waals surface area contributed by atoms with Crippen molar-refractivity contribution in [1.82, 2.24) is 9.80 Å². The van der Waals surface area contributed by atoms with Crippen molar-refractivity contribution in [3.05, 3.63) is 23.8 Å². The summed E-state index contributed by atoms with van der Waals surface area (Å²) >= 11 is 0. The van der Waals surface area contributed by atoms with Gasteiger partial charge < -0.3 is 14.7 Å². The number of ether oxygens (including phenoxy) is 1. The molecule has 20 heavy (non-hydrogen) atoms. The molecule has 0 heterocycles. The van der Waals surface area contributed by atoms with E-state index in [2.05, 4.69) is 0 Å². The fraction of sp³-hybridized carbons (Fsp3) is 0.533. The molecule has 0 aliphatic rings. The van der Waals surface area contributed by atoms with Crippen molar-refractivity contribution in [2.45, 2.75) is 20.4 Å². The van der Waals surface area contributed by atoms with Crippen molar-refractivity contribution < 1.29 is 14.6 Å². The lowest BCUT2D eigenvalue weighted by atomic mass is 10.2. The van der Waals surface area contributed by atoms with Crippen molar-refractivity contribution in [3.8, 4) is 11.5 Å². The third-order valence-electron chi connectivity index (χ3n) is 3.25. The number of nitrogens with zero attached hydrogens (tertiary/aromatic N) is 2. The number of phenolic OH excluding ortho intramolecular Hbond substituents is 1. The van der Waals surface area contributed by atoms with Crippen LogP contribution < -0.4 is 4.74 Å². The average molecular weight is 280 g/mol. The van der Waals surface area contributed by atoms with Crippen LogP contribution >= 0.6 is 0 Å². The number of aromatic hydroxyl groups is 1. The molecule has 1 amide bonds. The van der Waals surface area contributed by atoms with E-state index < -0.39 is 0 Å². The summed E-state index contributed by atoms with van der Waals surface area (Å²) < 4.78 is 5.05. The summed E-state index contributed by atoms with van der Waals surface area (Å²) in [5.41, 5.74) is 0.778. The van der Waals surface area contributed by atoms with Gasteiger partial charge in [0.1, 0.15) is 11.5 Å². The molecular weight excluding hydrogens is 256 g/mol. The van der Waals surface area contributed by atoms with Crippen molar-refractivity contribution >= 4 is 5.91 Å². The summed E-state index contributed by atoms with van der Waals surface area (Å²) in [4.78, 5) is 15.7.